The summed E-state index contributed by atoms with van der Waals surface area (Å²) in [6, 6.07) is 0. The first-order valence-electron chi connectivity index (χ1n) is 5.38. The van der Waals surface area contributed by atoms with E-state index in [9.17, 15) is 0 Å². The number of aryl methyl sites for hydroxylation is 1. The van der Waals surface area contributed by atoms with Crippen molar-refractivity contribution in [2.75, 3.05) is 5.33 Å². The standard InChI is InChI=1S/C9H15BrN2.C2H4O2/c10-5-3-1-2-4-7-12-8-6-11-9-12;1-2(3)4/h6,8-9H,1-5,7H2;1H3,(H,3,4). The van der Waals surface area contributed by atoms with Gasteiger partial charge in [0.25, 0.3) is 5.97 Å². The lowest BCUT2D eigenvalue weighted by atomic mass is 10.2. The van der Waals surface area contributed by atoms with Gasteiger partial charge < -0.3 is 9.67 Å². The maximum absolute atomic E-state index is 9.00. The molecule has 0 radical (unpaired) electrons. The average molecular weight is 291 g/mol. The first kappa shape index (κ1) is 15.2. The van der Waals surface area contributed by atoms with Crippen molar-refractivity contribution in [3.05, 3.63) is 18.7 Å². The molecular weight excluding hydrogens is 272 g/mol. The molecule has 1 heterocycles. The maximum Gasteiger partial charge on any atom is 0.300 e. The number of alkyl halides is 1. The largest absolute Gasteiger partial charge is 0.481 e. The minimum absolute atomic E-state index is 0.833. The van der Waals surface area contributed by atoms with Crippen molar-refractivity contribution in [3.8, 4) is 0 Å². The zero-order valence-corrected chi connectivity index (χ0v) is 11.2. The molecule has 1 N–H and O–H groups in total. The first-order valence-corrected chi connectivity index (χ1v) is 6.50. The van der Waals surface area contributed by atoms with E-state index in [1.54, 1.807) is 0 Å². The van der Waals surface area contributed by atoms with Crippen molar-refractivity contribution in [2.24, 2.45) is 0 Å². The number of carboxylic acids is 1. The van der Waals surface area contributed by atoms with Crippen molar-refractivity contribution in [3.63, 3.8) is 0 Å². The predicted molar refractivity (Wildman–Crippen MR) is 67.8 cm³/mol. The molecule has 0 aliphatic heterocycles. The molecular formula is C11H19BrN2O2. The van der Waals surface area contributed by atoms with E-state index in [0.717, 1.165) is 18.8 Å². The summed E-state index contributed by atoms with van der Waals surface area (Å²) in [4.78, 5) is 13.0. The van der Waals surface area contributed by atoms with Gasteiger partial charge in [0.1, 0.15) is 0 Å². The number of hydrogen-bond donors (Lipinski definition) is 1. The molecule has 0 saturated heterocycles. The Kier molecular flexibility index (Phi) is 10.1. The highest BCUT2D eigenvalue weighted by molar-refractivity contribution is 9.09. The number of imidazole rings is 1. The van der Waals surface area contributed by atoms with E-state index in [0.29, 0.717) is 0 Å². The minimum atomic E-state index is -0.833. The highest BCUT2D eigenvalue weighted by Crippen LogP contribution is 2.03. The van der Waals surface area contributed by atoms with Crippen LogP contribution in [0.15, 0.2) is 18.7 Å². The Balaban J connectivity index is 0.000000487. The summed E-state index contributed by atoms with van der Waals surface area (Å²) in [7, 11) is 0. The molecule has 0 saturated carbocycles. The van der Waals surface area contributed by atoms with Crippen molar-refractivity contribution >= 4 is 21.9 Å². The second-order valence-corrected chi connectivity index (χ2v) is 4.22. The van der Waals surface area contributed by atoms with E-state index in [1.807, 2.05) is 18.7 Å². The lowest BCUT2D eigenvalue weighted by molar-refractivity contribution is -0.134. The summed E-state index contributed by atoms with van der Waals surface area (Å²) in [5, 5.41) is 8.55. The van der Waals surface area contributed by atoms with E-state index in [-0.39, 0.29) is 0 Å². The predicted octanol–water partition coefficient (Wildman–Crippen LogP) is 2.93. The summed E-state index contributed by atoms with van der Waals surface area (Å²) in [5.41, 5.74) is 0. The number of nitrogens with zero attached hydrogens (tertiary/aromatic N) is 2. The molecule has 1 rings (SSSR count). The third-order valence-corrected chi connectivity index (χ3v) is 2.42. The van der Waals surface area contributed by atoms with Gasteiger partial charge in [0.15, 0.2) is 0 Å². The number of hydrogen-bond acceptors (Lipinski definition) is 2. The van der Waals surface area contributed by atoms with Gasteiger partial charge >= 0.3 is 0 Å². The maximum atomic E-state index is 9.00. The second-order valence-electron chi connectivity index (χ2n) is 3.42. The van der Waals surface area contributed by atoms with E-state index < -0.39 is 5.97 Å². The SMILES string of the molecule is BrCCCCCCn1ccnc1.CC(=O)O. The lowest BCUT2D eigenvalue weighted by Crippen LogP contribution is -1.93. The van der Waals surface area contributed by atoms with Crippen molar-refractivity contribution in [1.82, 2.24) is 9.55 Å². The minimum Gasteiger partial charge on any atom is -0.481 e. The van der Waals surface area contributed by atoms with Gasteiger partial charge in [-0.05, 0) is 12.8 Å². The fourth-order valence-electron chi connectivity index (χ4n) is 1.16. The second kappa shape index (κ2) is 10.7. The number of aliphatic carboxylic acids is 1. The van der Waals surface area contributed by atoms with E-state index >= 15 is 0 Å². The number of carboxylic acid groups (broad SMARTS) is 1. The van der Waals surface area contributed by atoms with E-state index in [1.165, 1.54) is 25.7 Å². The summed E-state index contributed by atoms with van der Waals surface area (Å²) >= 11 is 3.42. The molecule has 4 nitrogen and oxygen atoms in total. The molecule has 92 valence electrons. The highest BCUT2D eigenvalue weighted by atomic mass is 79.9. The smallest absolute Gasteiger partial charge is 0.300 e. The van der Waals surface area contributed by atoms with Gasteiger partial charge in [0, 0.05) is 31.2 Å². The number of aromatic nitrogens is 2. The number of carbonyl (C=O) groups is 1. The van der Waals surface area contributed by atoms with Crippen LogP contribution in [0.2, 0.25) is 0 Å². The van der Waals surface area contributed by atoms with Crippen LogP contribution in [0.1, 0.15) is 32.6 Å². The Morgan fingerprint density at radius 3 is 2.50 bits per heavy atom. The van der Waals surface area contributed by atoms with E-state index in [4.69, 9.17) is 9.90 Å². The molecule has 0 atom stereocenters. The third kappa shape index (κ3) is 11.2. The van der Waals surface area contributed by atoms with Crippen molar-refractivity contribution < 1.29 is 9.90 Å². The van der Waals surface area contributed by atoms with Crippen LogP contribution in [-0.4, -0.2) is 26.0 Å². The first-order chi connectivity index (χ1) is 7.66. The van der Waals surface area contributed by atoms with Gasteiger partial charge in [-0.1, -0.05) is 28.8 Å². The molecule has 0 aliphatic carbocycles. The quantitative estimate of drug-likeness (QED) is 0.647. The molecule has 0 amide bonds. The number of unbranched alkanes of at least 4 members (excludes halogenated alkanes) is 3. The van der Waals surface area contributed by atoms with Crippen LogP contribution in [0.25, 0.3) is 0 Å². The van der Waals surface area contributed by atoms with Crippen LogP contribution in [0.5, 0.6) is 0 Å². The van der Waals surface area contributed by atoms with Gasteiger partial charge in [-0.2, -0.15) is 0 Å². The lowest BCUT2D eigenvalue weighted by Gasteiger charge is -2.00. The zero-order chi connectivity index (χ0) is 12.2. The normalized spacial score (nSPS) is 9.38. The van der Waals surface area contributed by atoms with Gasteiger partial charge in [-0.3, -0.25) is 4.79 Å². The van der Waals surface area contributed by atoms with Crippen LogP contribution in [0.4, 0.5) is 0 Å². The summed E-state index contributed by atoms with van der Waals surface area (Å²) in [6.45, 7) is 2.20. The molecule has 0 spiro atoms. The average Bonchev–Trinajstić information content (AvgIpc) is 2.69. The fraction of sp³-hybridized carbons (Fsp3) is 0.636. The third-order valence-electron chi connectivity index (χ3n) is 1.86. The highest BCUT2D eigenvalue weighted by Gasteiger charge is 1.90. The van der Waals surface area contributed by atoms with E-state index in [2.05, 4.69) is 25.5 Å². The molecule has 1 aromatic rings. The summed E-state index contributed by atoms with van der Waals surface area (Å²) in [5.74, 6) is -0.833. The Bertz CT molecular complexity index is 259. The Morgan fingerprint density at radius 2 is 2.00 bits per heavy atom. The van der Waals surface area contributed by atoms with Gasteiger partial charge in [0.2, 0.25) is 0 Å². The van der Waals surface area contributed by atoms with Crippen LogP contribution >= 0.6 is 15.9 Å². The summed E-state index contributed by atoms with van der Waals surface area (Å²) in [6.07, 6.45) is 10.9. The van der Waals surface area contributed by atoms with Crippen LogP contribution in [-0.2, 0) is 11.3 Å². The molecule has 16 heavy (non-hydrogen) atoms. The fourth-order valence-corrected chi connectivity index (χ4v) is 1.56. The van der Waals surface area contributed by atoms with Gasteiger partial charge in [-0.25, -0.2) is 4.98 Å². The van der Waals surface area contributed by atoms with Gasteiger partial charge in [-0.15, -0.1) is 0 Å². The van der Waals surface area contributed by atoms with Crippen LogP contribution < -0.4 is 0 Å². The molecule has 1 aromatic heterocycles. The van der Waals surface area contributed by atoms with Crippen molar-refractivity contribution in [2.45, 2.75) is 39.2 Å². The Hall–Kier alpha value is -0.840. The van der Waals surface area contributed by atoms with Crippen molar-refractivity contribution in [1.29, 1.82) is 0 Å². The van der Waals surface area contributed by atoms with Crippen LogP contribution in [0, 0.1) is 0 Å². The summed E-state index contributed by atoms with van der Waals surface area (Å²) < 4.78 is 2.13. The number of halogens is 1. The molecule has 0 fully saturated rings. The molecule has 0 aliphatic rings. The molecule has 0 aromatic carbocycles. The number of rotatable bonds is 6. The zero-order valence-electron chi connectivity index (χ0n) is 9.60. The van der Waals surface area contributed by atoms with Crippen LogP contribution in [0.3, 0.4) is 0 Å². The molecule has 5 heteroatoms. The Morgan fingerprint density at radius 1 is 1.38 bits per heavy atom. The molecule has 0 unspecified atom stereocenters. The monoisotopic (exact) mass is 290 g/mol. The van der Waals surface area contributed by atoms with Gasteiger partial charge in [0.05, 0.1) is 6.33 Å². The Labute approximate surface area is 105 Å². The topological polar surface area (TPSA) is 55.1 Å². The molecule has 0 bridgehead atoms.